The molecule has 0 radical (unpaired) electrons. The SMILES string of the molecule is CC1CCCCC1NCc1cccc2cccnc12. The number of hydrogen-bond donors (Lipinski definition) is 1. The van der Waals surface area contributed by atoms with Crippen molar-refractivity contribution in [2.75, 3.05) is 0 Å². The Labute approximate surface area is 115 Å². The highest BCUT2D eigenvalue weighted by molar-refractivity contribution is 5.81. The maximum absolute atomic E-state index is 4.52. The molecule has 1 heterocycles. The molecule has 1 saturated carbocycles. The molecule has 2 nitrogen and oxygen atoms in total. The summed E-state index contributed by atoms with van der Waals surface area (Å²) < 4.78 is 0. The Kier molecular flexibility index (Phi) is 3.79. The van der Waals surface area contributed by atoms with E-state index in [0.29, 0.717) is 6.04 Å². The van der Waals surface area contributed by atoms with Crippen molar-refractivity contribution in [1.82, 2.24) is 10.3 Å². The Bertz CT molecular complexity index is 544. The smallest absolute Gasteiger partial charge is 0.0746 e. The van der Waals surface area contributed by atoms with Crippen LogP contribution < -0.4 is 5.32 Å². The number of benzene rings is 1. The van der Waals surface area contributed by atoms with Crippen LogP contribution in [0, 0.1) is 5.92 Å². The minimum Gasteiger partial charge on any atom is -0.310 e. The van der Waals surface area contributed by atoms with Gasteiger partial charge in [-0.3, -0.25) is 4.98 Å². The van der Waals surface area contributed by atoms with E-state index < -0.39 is 0 Å². The van der Waals surface area contributed by atoms with Crippen molar-refractivity contribution in [2.45, 2.75) is 45.2 Å². The monoisotopic (exact) mass is 254 g/mol. The van der Waals surface area contributed by atoms with Gasteiger partial charge >= 0.3 is 0 Å². The van der Waals surface area contributed by atoms with Gasteiger partial charge in [-0.05, 0) is 30.4 Å². The van der Waals surface area contributed by atoms with Crippen molar-refractivity contribution in [1.29, 1.82) is 0 Å². The van der Waals surface area contributed by atoms with Gasteiger partial charge in [0.25, 0.3) is 0 Å². The molecule has 0 amide bonds. The summed E-state index contributed by atoms with van der Waals surface area (Å²) in [4.78, 5) is 4.52. The highest BCUT2D eigenvalue weighted by Gasteiger charge is 2.20. The maximum atomic E-state index is 4.52. The summed E-state index contributed by atoms with van der Waals surface area (Å²) in [6.45, 7) is 3.31. The number of aromatic nitrogens is 1. The van der Waals surface area contributed by atoms with Crippen molar-refractivity contribution < 1.29 is 0 Å². The molecule has 100 valence electrons. The third-order valence-electron chi connectivity index (χ3n) is 4.38. The molecule has 0 spiro atoms. The van der Waals surface area contributed by atoms with Crippen molar-refractivity contribution in [3.05, 3.63) is 42.1 Å². The van der Waals surface area contributed by atoms with E-state index in [4.69, 9.17) is 0 Å². The number of rotatable bonds is 3. The van der Waals surface area contributed by atoms with Crippen molar-refractivity contribution in [3.8, 4) is 0 Å². The number of fused-ring (bicyclic) bond motifs is 1. The van der Waals surface area contributed by atoms with Gasteiger partial charge < -0.3 is 5.32 Å². The summed E-state index contributed by atoms with van der Waals surface area (Å²) in [5.74, 6) is 0.802. The molecule has 2 atom stereocenters. The molecule has 0 aliphatic heterocycles. The molecule has 2 unspecified atom stereocenters. The highest BCUT2D eigenvalue weighted by Crippen LogP contribution is 2.24. The van der Waals surface area contributed by atoms with E-state index in [2.05, 4.69) is 41.5 Å². The van der Waals surface area contributed by atoms with Crippen LogP contribution in [0.1, 0.15) is 38.2 Å². The van der Waals surface area contributed by atoms with E-state index in [1.54, 1.807) is 0 Å². The van der Waals surface area contributed by atoms with Gasteiger partial charge in [-0.15, -0.1) is 0 Å². The van der Waals surface area contributed by atoms with Gasteiger partial charge in [0.1, 0.15) is 0 Å². The van der Waals surface area contributed by atoms with Crippen LogP contribution in [0.4, 0.5) is 0 Å². The third-order valence-corrected chi connectivity index (χ3v) is 4.38. The highest BCUT2D eigenvalue weighted by atomic mass is 14.9. The molecule has 0 saturated heterocycles. The third kappa shape index (κ3) is 2.79. The van der Waals surface area contributed by atoms with Crippen LogP contribution in [0.15, 0.2) is 36.5 Å². The summed E-state index contributed by atoms with van der Waals surface area (Å²) in [6, 6.07) is 11.3. The van der Waals surface area contributed by atoms with Gasteiger partial charge in [0.05, 0.1) is 5.52 Å². The minimum atomic E-state index is 0.674. The molecular weight excluding hydrogens is 232 g/mol. The van der Waals surface area contributed by atoms with Gasteiger partial charge in [-0.2, -0.15) is 0 Å². The van der Waals surface area contributed by atoms with E-state index >= 15 is 0 Å². The van der Waals surface area contributed by atoms with Crippen molar-refractivity contribution in [2.24, 2.45) is 5.92 Å². The molecule has 0 bridgehead atoms. The zero-order chi connectivity index (χ0) is 13.1. The molecule has 1 aromatic heterocycles. The second-order valence-electron chi connectivity index (χ2n) is 5.74. The number of nitrogens with zero attached hydrogens (tertiary/aromatic N) is 1. The number of pyridine rings is 1. The molecule has 1 N–H and O–H groups in total. The van der Waals surface area contributed by atoms with E-state index in [9.17, 15) is 0 Å². The van der Waals surface area contributed by atoms with Gasteiger partial charge in [-0.1, -0.05) is 44.0 Å². The lowest BCUT2D eigenvalue weighted by molar-refractivity contribution is 0.279. The Balaban J connectivity index is 1.74. The summed E-state index contributed by atoms with van der Waals surface area (Å²) in [7, 11) is 0. The first-order chi connectivity index (χ1) is 9.34. The largest absolute Gasteiger partial charge is 0.310 e. The zero-order valence-corrected chi connectivity index (χ0v) is 11.6. The fourth-order valence-electron chi connectivity index (χ4n) is 3.17. The molecule has 1 aromatic carbocycles. The lowest BCUT2D eigenvalue weighted by Gasteiger charge is -2.29. The summed E-state index contributed by atoms with van der Waals surface area (Å²) in [5.41, 5.74) is 2.46. The second kappa shape index (κ2) is 5.70. The summed E-state index contributed by atoms with van der Waals surface area (Å²) >= 11 is 0. The van der Waals surface area contributed by atoms with E-state index in [0.717, 1.165) is 18.0 Å². The average molecular weight is 254 g/mol. The molecule has 3 rings (SSSR count). The topological polar surface area (TPSA) is 24.9 Å². The van der Waals surface area contributed by atoms with Gasteiger partial charge in [-0.25, -0.2) is 0 Å². The summed E-state index contributed by atoms with van der Waals surface area (Å²) in [5, 5.41) is 4.97. The van der Waals surface area contributed by atoms with E-state index in [-0.39, 0.29) is 0 Å². The fourth-order valence-corrected chi connectivity index (χ4v) is 3.17. The summed E-state index contributed by atoms with van der Waals surface area (Å²) in [6.07, 6.45) is 7.34. The van der Waals surface area contributed by atoms with Crippen LogP contribution in [0.5, 0.6) is 0 Å². The molecular formula is C17H22N2. The van der Waals surface area contributed by atoms with E-state index in [1.807, 2.05) is 12.3 Å². The number of nitrogens with one attached hydrogen (secondary N) is 1. The van der Waals surface area contributed by atoms with Crippen LogP contribution >= 0.6 is 0 Å². The predicted molar refractivity (Wildman–Crippen MR) is 80.0 cm³/mol. The molecule has 2 heteroatoms. The first kappa shape index (κ1) is 12.6. The van der Waals surface area contributed by atoms with Gasteiger partial charge in [0.2, 0.25) is 0 Å². The van der Waals surface area contributed by atoms with Crippen LogP contribution in [0.2, 0.25) is 0 Å². The standard InChI is InChI=1S/C17H22N2/c1-13-6-2-3-10-16(13)19-12-15-8-4-7-14-9-5-11-18-17(14)15/h4-5,7-9,11,13,16,19H,2-3,6,10,12H2,1H3. The first-order valence-corrected chi connectivity index (χ1v) is 7.40. The van der Waals surface area contributed by atoms with Crippen molar-refractivity contribution >= 4 is 10.9 Å². The van der Waals surface area contributed by atoms with E-state index in [1.165, 1.54) is 36.6 Å². The van der Waals surface area contributed by atoms with Crippen molar-refractivity contribution in [3.63, 3.8) is 0 Å². The Morgan fingerprint density at radius 1 is 1.16 bits per heavy atom. The lowest BCUT2D eigenvalue weighted by Crippen LogP contribution is -2.36. The average Bonchev–Trinajstić information content (AvgIpc) is 2.46. The number of para-hydroxylation sites is 1. The Morgan fingerprint density at radius 2 is 2.00 bits per heavy atom. The molecule has 1 aliphatic rings. The second-order valence-corrected chi connectivity index (χ2v) is 5.74. The molecule has 19 heavy (non-hydrogen) atoms. The fraction of sp³-hybridized carbons (Fsp3) is 0.471. The predicted octanol–water partition coefficient (Wildman–Crippen LogP) is 3.90. The number of hydrogen-bond acceptors (Lipinski definition) is 2. The maximum Gasteiger partial charge on any atom is 0.0746 e. The molecule has 1 fully saturated rings. The molecule has 1 aliphatic carbocycles. The van der Waals surface area contributed by atoms with Gasteiger partial charge in [0.15, 0.2) is 0 Å². The Hall–Kier alpha value is -1.41. The van der Waals surface area contributed by atoms with Crippen LogP contribution in [-0.2, 0) is 6.54 Å². The van der Waals surface area contributed by atoms with Crippen LogP contribution in [-0.4, -0.2) is 11.0 Å². The van der Waals surface area contributed by atoms with Crippen LogP contribution in [0.25, 0.3) is 10.9 Å². The quantitative estimate of drug-likeness (QED) is 0.898. The normalized spacial score (nSPS) is 23.6. The Morgan fingerprint density at radius 3 is 2.89 bits per heavy atom. The minimum absolute atomic E-state index is 0.674. The lowest BCUT2D eigenvalue weighted by atomic mass is 9.86. The van der Waals surface area contributed by atoms with Gasteiger partial charge in [0, 0.05) is 24.2 Å². The van der Waals surface area contributed by atoms with Crippen LogP contribution in [0.3, 0.4) is 0 Å². The zero-order valence-electron chi connectivity index (χ0n) is 11.6. The first-order valence-electron chi connectivity index (χ1n) is 7.40. The molecule has 2 aromatic rings.